The van der Waals surface area contributed by atoms with Crippen molar-refractivity contribution in [2.24, 2.45) is 0 Å². The summed E-state index contributed by atoms with van der Waals surface area (Å²) >= 11 is 1.74. The van der Waals surface area contributed by atoms with Gasteiger partial charge in [-0.2, -0.15) is 0 Å². The molecule has 0 amide bonds. The number of fused-ring (bicyclic) bond motifs is 1. The molecule has 0 aromatic heterocycles. The Balaban J connectivity index is 1.85. The highest BCUT2D eigenvalue weighted by Crippen LogP contribution is 2.44. The Bertz CT molecular complexity index is 713. The van der Waals surface area contributed by atoms with Crippen LogP contribution in [0.25, 0.3) is 0 Å². The molecule has 1 aromatic carbocycles. The Morgan fingerprint density at radius 2 is 2.00 bits per heavy atom. The summed E-state index contributed by atoms with van der Waals surface area (Å²) in [5, 5.41) is 1.15. The monoisotopic (exact) mass is 297 g/mol. The molecule has 1 aliphatic carbocycles. The van der Waals surface area contributed by atoms with Crippen LogP contribution in [0.5, 0.6) is 0 Å². The summed E-state index contributed by atoms with van der Waals surface area (Å²) in [6.45, 7) is 0. The van der Waals surface area contributed by atoms with Crippen LogP contribution >= 0.6 is 11.8 Å². The zero-order chi connectivity index (χ0) is 14.8. The third kappa shape index (κ3) is 2.67. The van der Waals surface area contributed by atoms with Gasteiger partial charge in [0.25, 0.3) is 0 Å². The summed E-state index contributed by atoms with van der Waals surface area (Å²) in [4.78, 5) is 14.9. The van der Waals surface area contributed by atoms with Crippen LogP contribution in [0.15, 0.2) is 75.9 Å². The standard InChI is InChI=1S/C17H15NO2S/c1-18-13-5-3-4-6-16(13)21-17(18)10-8-12-7-9-14(19)15(11-12)20-2/h3-11H,1-2H3/b12-8+,17-10-. The molecule has 1 heterocycles. The second-order valence-electron chi connectivity index (χ2n) is 4.71. The molecule has 106 valence electrons. The van der Waals surface area contributed by atoms with E-state index in [1.54, 1.807) is 23.9 Å². The van der Waals surface area contributed by atoms with Crippen molar-refractivity contribution in [2.75, 3.05) is 19.1 Å². The van der Waals surface area contributed by atoms with Crippen LogP contribution in [-0.4, -0.2) is 19.9 Å². The second-order valence-corrected chi connectivity index (χ2v) is 5.77. The molecule has 2 aliphatic rings. The molecule has 0 fully saturated rings. The summed E-state index contributed by atoms with van der Waals surface area (Å²) in [5.41, 5.74) is 2.17. The number of ketones is 1. The van der Waals surface area contributed by atoms with Crippen molar-refractivity contribution >= 4 is 23.2 Å². The number of para-hydroxylation sites is 1. The van der Waals surface area contributed by atoms with Gasteiger partial charge in [0.15, 0.2) is 5.76 Å². The van der Waals surface area contributed by atoms with E-state index in [0.717, 1.165) is 10.6 Å². The first kappa shape index (κ1) is 13.8. The summed E-state index contributed by atoms with van der Waals surface area (Å²) < 4.78 is 5.06. The molecule has 0 saturated carbocycles. The summed E-state index contributed by atoms with van der Waals surface area (Å²) in [5.74, 6) is 0.278. The van der Waals surface area contributed by atoms with Crippen LogP contribution in [-0.2, 0) is 9.53 Å². The Morgan fingerprint density at radius 3 is 2.76 bits per heavy atom. The fourth-order valence-corrected chi connectivity index (χ4v) is 3.27. The normalized spacial score (nSPS) is 21.0. The molecular weight excluding hydrogens is 282 g/mol. The molecule has 4 heteroatoms. The lowest BCUT2D eigenvalue weighted by atomic mass is 10.1. The van der Waals surface area contributed by atoms with Gasteiger partial charge in [0.1, 0.15) is 0 Å². The van der Waals surface area contributed by atoms with Gasteiger partial charge in [-0.1, -0.05) is 36.0 Å². The molecule has 0 N–H and O–H groups in total. The minimum Gasteiger partial charge on any atom is -0.493 e. The van der Waals surface area contributed by atoms with Gasteiger partial charge in [0.2, 0.25) is 5.78 Å². The maximum Gasteiger partial charge on any atom is 0.220 e. The maximum atomic E-state index is 11.5. The summed E-state index contributed by atoms with van der Waals surface area (Å²) in [7, 11) is 3.57. The number of nitrogens with zero attached hydrogens (tertiary/aromatic N) is 1. The van der Waals surface area contributed by atoms with Crippen molar-refractivity contribution in [3.63, 3.8) is 0 Å². The zero-order valence-electron chi connectivity index (χ0n) is 11.9. The number of hydrogen-bond acceptors (Lipinski definition) is 4. The van der Waals surface area contributed by atoms with Gasteiger partial charge in [-0.3, -0.25) is 4.79 Å². The number of ether oxygens (including phenoxy) is 1. The third-order valence-electron chi connectivity index (χ3n) is 3.38. The van der Waals surface area contributed by atoms with Gasteiger partial charge in [-0.15, -0.1) is 0 Å². The first-order chi connectivity index (χ1) is 10.2. The lowest BCUT2D eigenvalue weighted by Gasteiger charge is -2.12. The maximum absolute atomic E-state index is 11.5. The number of carbonyl (C=O) groups excluding carboxylic acids is 1. The second kappa shape index (κ2) is 5.66. The highest BCUT2D eigenvalue weighted by molar-refractivity contribution is 8.03. The Morgan fingerprint density at radius 1 is 1.19 bits per heavy atom. The quantitative estimate of drug-likeness (QED) is 0.833. The van der Waals surface area contributed by atoms with Crippen LogP contribution in [0, 0.1) is 0 Å². The highest BCUT2D eigenvalue weighted by Gasteiger charge is 2.20. The first-order valence-corrected chi connectivity index (χ1v) is 7.41. The van der Waals surface area contributed by atoms with Crippen molar-refractivity contribution in [2.45, 2.75) is 4.90 Å². The average Bonchev–Trinajstić information content (AvgIpc) is 2.83. The number of allylic oxidation sites excluding steroid dienone is 6. The van der Waals surface area contributed by atoms with Crippen LogP contribution in [0.4, 0.5) is 5.69 Å². The number of anilines is 1. The van der Waals surface area contributed by atoms with Crippen LogP contribution in [0.1, 0.15) is 0 Å². The topological polar surface area (TPSA) is 29.5 Å². The van der Waals surface area contributed by atoms with Gasteiger partial charge >= 0.3 is 0 Å². The van der Waals surface area contributed by atoms with Crippen LogP contribution in [0.3, 0.4) is 0 Å². The van der Waals surface area contributed by atoms with E-state index >= 15 is 0 Å². The van der Waals surface area contributed by atoms with Gasteiger partial charge in [0.05, 0.1) is 17.8 Å². The van der Waals surface area contributed by atoms with E-state index in [9.17, 15) is 4.79 Å². The minimum atomic E-state index is -0.0953. The molecule has 1 aromatic rings. The fourth-order valence-electron chi connectivity index (χ4n) is 2.22. The van der Waals surface area contributed by atoms with Crippen molar-refractivity contribution in [1.29, 1.82) is 0 Å². The minimum absolute atomic E-state index is 0.0953. The molecule has 0 bridgehead atoms. The molecule has 0 unspecified atom stereocenters. The number of carbonyl (C=O) groups is 1. The van der Waals surface area contributed by atoms with Crippen LogP contribution < -0.4 is 4.90 Å². The molecule has 3 nitrogen and oxygen atoms in total. The Labute approximate surface area is 128 Å². The summed E-state index contributed by atoms with van der Waals surface area (Å²) in [6.07, 6.45) is 9.14. The van der Waals surface area contributed by atoms with Crippen LogP contribution in [0.2, 0.25) is 0 Å². The fraction of sp³-hybridized carbons (Fsp3) is 0.118. The number of rotatable bonds is 2. The van der Waals surface area contributed by atoms with Crippen molar-refractivity contribution in [1.82, 2.24) is 0 Å². The summed E-state index contributed by atoms with van der Waals surface area (Å²) in [6, 6.07) is 8.32. The van der Waals surface area contributed by atoms with E-state index in [1.165, 1.54) is 23.8 Å². The molecule has 0 saturated heterocycles. The molecular formula is C17H15NO2S. The van der Waals surface area contributed by atoms with E-state index in [4.69, 9.17) is 4.74 Å². The van der Waals surface area contributed by atoms with Gasteiger partial charge < -0.3 is 9.64 Å². The number of thioether (sulfide) groups is 1. The highest BCUT2D eigenvalue weighted by atomic mass is 32.2. The van der Waals surface area contributed by atoms with Crippen molar-refractivity contribution < 1.29 is 9.53 Å². The van der Waals surface area contributed by atoms with Gasteiger partial charge in [-0.25, -0.2) is 0 Å². The van der Waals surface area contributed by atoms with Crippen molar-refractivity contribution in [3.05, 3.63) is 71.0 Å². The van der Waals surface area contributed by atoms with Gasteiger partial charge in [0, 0.05) is 11.9 Å². The van der Waals surface area contributed by atoms with E-state index in [2.05, 4.69) is 30.2 Å². The molecule has 0 radical (unpaired) electrons. The Hall–Kier alpha value is -2.20. The van der Waals surface area contributed by atoms with E-state index < -0.39 is 0 Å². The smallest absolute Gasteiger partial charge is 0.220 e. The zero-order valence-corrected chi connectivity index (χ0v) is 12.7. The number of benzene rings is 1. The van der Waals surface area contributed by atoms with E-state index in [0.29, 0.717) is 5.76 Å². The lowest BCUT2D eigenvalue weighted by Crippen LogP contribution is -2.09. The first-order valence-electron chi connectivity index (χ1n) is 6.60. The molecule has 0 spiro atoms. The molecule has 21 heavy (non-hydrogen) atoms. The molecule has 0 atom stereocenters. The SMILES string of the molecule is COC1=C/C(=C/C=C2\Sc3ccccc3N2C)C=CC1=O. The van der Waals surface area contributed by atoms with E-state index in [-0.39, 0.29) is 5.78 Å². The Kier molecular flexibility index (Phi) is 3.71. The predicted molar refractivity (Wildman–Crippen MR) is 86.1 cm³/mol. The van der Waals surface area contributed by atoms with Crippen molar-refractivity contribution in [3.8, 4) is 0 Å². The largest absolute Gasteiger partial charge is 0.493 e. The molecule has 1 aliphatic heterocycles. The van der Waals surface area contributed by atoms with Gasteiger partial charge in [-0.05, 0) is 35.9 Å². The number of methoxy groups -OCH3 is 1. The number of hydrogen-bond donors (Lipinski definition) is 0. The lowest BCUT2D eigenvalue weighted by molar-refractivity contribution is -0.114. The average molecular weight is 297 g/mol. The molecule has 3 rings (SSSR count). The third-order valence-corrected chi connectivity index (χ3v) is 4.56. The van der Waals surface area contributed by atoms with E-state index in [1.807, 2.05) is 18.2 Å². The predicted octanol–water partition coefficient (Wildman–Crippen LogP) is 3.67.